The number of nitrogens with zero attached hydrogens (tertiary/aromatic N) is 3. The molecule has 0 aliphatic heterocycles. The first-order valence-electron chi connectivity index (χ1n) is 8.02. The predicted octanol–water partition coefficient (Wildman–Crippen LogP) is 3.57. The van der Waals surface area contributed by atoms with Crippen molar-refractivity contribution in [3.63, 3.8) is 0 Å². The number of nitrogens with one attached hydrogen (secondary N) is 2. The lowest BCUT2D eigenvalue weighted by Crippen LogP contribution is -2.28. The maximum atomic E-state index is 12.1. The van der Waals surface area contributed by atoms with Crippen LogP contribution in [-0.2, 0) is 0 Å². The quantitative estimate of drug-likeness (QED) is 0.875. The number of rotatable bonds is 5. The Morgan fingerprint density at radius 1 is 1.30 bits per heavy atom. The second-order valence-corrected chi connectivity index (χ2v) is 6.79. The van der Waals surface area contributed by atoms with Gasteiger partial charge >= 0.3 is 0 Å². The average Bonchev–Trinajstić information content (AvgIpc) is 3.09. The Morgan fingerprint density at radius 2 is 2.13 bits per heavy atom. The van der Waals surface area contributed by atoms with Gasteiger partial charge in [0, 0.05) is 12.2 Å². The van der Waals surface area contributed by atoms with E-state index in [1.807, 2.05) is 6.07 Å². The number of carbonyl (C=O) groups is 1. The predicted molar refractivity (Wildman–Crippen MR) is 91.8 cm³/mol. The van der Waals surface area contributed by atoms with Gasteiger partial charge in [-0.2, -0.15) is 0 Å². The Balaban J connectivity index is 1.57. The van der Waals surface area contributed by atoms with Crippen molar-refractivity contribution in [2.45, 2.75) is 45.1 Å². The Kier molecular flexibility index (Phi) is 5.17. The molecule has 2 N–H and O–H groups in total. The molecule has 23 heavy (non-hydrogen) atoms. The summed E-state index contributed by atoms with van der Waals surface area (Å²) in [4.78, 5) is 16.4. The van der Waals surface area contributed by atoms with Gasteiger partial charge in [-0.15, -0.1) is 10.2 Å². The van der Waals surface area contributed by atoms with Gasteiger partial charge in [-0.05, 0) is 37.8 Å². The molecule has 7 heteroatoms. The van der Waals surface area contributed by atoms with Crippen molar-refractivity contribution >= 4 is 28.2 Å². The van der Waals surface area contributed by atoms with E-state index in [0.29, 0.717) is 22.7 Å². The molecule has 6 nitrogen and oxygen atoms in total. The summed E-state index contributed by atoms with van der Waals surface area (Å²) in [5.41, 5.74) is 2.09. The zero-order chi connectivity index (χ0) is 16.1. The fourth-order valence-corrected chi connectivity index (χ4v) is 3.44. The first kappa shape index (κ1) is 15.9. The second-order valence-electron chi connectivity index (χ2n) is 5.96. The van der Waals surface area contributed by atoms with Crippen LogP contribution in [0.4, 0.5) is 10.9 Å². The van der Waals surface area contributed by atoms with E-state index in [2.05, 4.69) is 32.7 Å². The van der Waals surface area contributed by atoms with Crippen LogP contribution in [0.3, 0.4) is 0 Å². The average molecular weight is 331 g/mol. The molecule has 1 atom stereocenters. The third kappa shape index (κ3) is 4.25. The van der Waals surface area contributed by atoms with Crippen LogP contribution >= 0.6 is 11.3 Å². The summed E-state index contributed by atoms with van der Waals surface area (Å²) in [6, 6.07) is 4.04. The number of carbonyl (C=O) groups excluding carboxylic acids is 1. The van der Waals surface area contributed by atoms with Crippen molar-refractivity contribution in [1.82, 2.24) is 15.2 Å². The highest BCUT2D eigenvalue weighted by molar-refractivity contribution is 7.13. The Morgan fingerprint density at radius 3 is 2.78 bits per heavy atom. The van der Waals surface area contributed by atoms with Gasteiger partial charge in [0.05, 0.1) is 5.56 Å². The molecule has 3 rings (SSSR count). The number of amides is 1. The van der Waals surface area contributed by atoms with Crippen molar-refractivity contribution < 1.29 is 4.79 Å². The van der Waals surface area contributed by atoms with Crippen molar-refractivity contribution in [3.05, 3.63) is 29.4 Å². The molecular formula is C16H21N5OS. The van der Waals surface area contributed by atoms with Gasteiger partial charge in [-0.3, -0.25) is 10.1 Å². The molecular weight excluding hydrogens is 310 g/mol. The van der Waals surface area contributed by atoms with E-state index in [1.165, 1.54) is 43.4 Å². The summed E-state index contributed by atoms with van der Waals surface area (Å²) in [7, 11) is 0. The van der Waals surface area contributed by atoms with Gasteiger partial charge in [0.1, 0.15) is 11.3 Å². The lowest BCUT2D eigenvalue weighted by molar-refractivity contribution is 0.102. The fraction of sp³-hybridized carbons (Fsp3) is 0.500. The molecule has 0 saturated heterocycles. The number of anilines is 2. The minimum absolute atomic E-state index is 0.221. The minimum Gasteiger partial charge on any atom is -0.367 e. The highest BCUT2D eigenvalue weighted by atomic mass is 32.1. The molecule has 0 aromatic carbocycles. The third-order valence-corrected chi connectivity index (χ3v) is 4.95. The van der Waals surface area contributed by atoms with Crippen molar-refractivity contribution in [1.29, 1.82) is 0 Å². The van der Waals surface area contributed by atoms with Gasteiger partial charge in [0.2, 0.25) is 5.13 Å². The SMILES string of the molecule is CC(Nc1ccc(C(=O)Nc2nncs2)cn1)C1CCCCC1. The van der Waals surface area contributed by atoms with Crippen LogP contribution in [0.5, 0.6) is 0 Å². The van der Waals surface area contributed by atoms with E-state index < -0.39 is 0 Å². The van der Waals surface area contributed by atoms with Gasteiger partial charge < -0.3 is 5.32 Å². The summed E-state index contributed by atoms with van der Waals surface area (Å²) in [5.74, 6) is 1.31. The van der Waals surface area contributed by atoms with Crippen LogP contribution in [0.2, 0.25) is 0 Å². The zero-order valence-corrected chi connectivity index (χ0v) is 14.0. The van der Waals surface area contributed by atoms with Gasteiger partial charge in [0.15, 0.2) is 0 Å². The largest absolute Gasteiger partial charge is 0.367 e. The molecule has 1 fully saturated rings. The summed E-state index contributed by atoms with van der Waals surface area (Å²) >= 11 is 1.29. The fourth-order valence-electron chi connectivity index (χ4n) is 3.00. The molecule has 1 aliphatic rings. The normalized spacial score (nSPS) is 16.7. The first-order valence-corrected chi connectivity index (χ1v) is 8.90. The van der Waals surface area contributed by atoms with Crippen LogP contribution in [0, 0.1) is 5.92 Å². The number of pyridine rings is 1. The molecule has 0 radical (unpaired) electrons. The highest BCUT2D eigenvalue weighted by Crippen LogP contribution is 2.27. The standard InChI is InChI=1S/C16H21N5OS/c1-11(12-5-3-2-4-6-12)19-14-8-7-13(9-17-14)15(22)20-16-21-18-10-23-16/h7-12H,2-6H2,1H3,(H,17,19)(H,20,21,22). The lowest BCUT2D eigenvalue weighted by Gasteiger charge is -2.28. The van der Waals surface area contributed by atoms with E-state index in [1.54, 1.807) is 17.8 Å². The number of hydrogen-bond donors (Lipinski definition) is 2. The maximum absolute atomic E-state index is 12.1. The van der Waals surface area contributed by atoms with Gasteiger partial charge in [0.25, 0.3) is 5.91 Å². The molecule has 2 aromatic heterocycles. The topological polar surface area (TPSA) is 79.8 Å². The maximum Gasteiger partial charge on any atom is 0.259 e. The van der Waals surface area contributed by atoms with Crippen LogP contribution < -0.4 is 10.6 Å². The van der Waals surface area contributed by atoms with Crippen molar-refractivity contribution in [3.8, 4) is 0 Å². The number of aromatic nitrogens is 3. The van der Waals surface area contributed by atoms with Crippen LogP contribution in [0.25, 0.3) is 0 Å². The van der Waals surface area contributed by atoms with Crippen LogP contribution in [0.15, 0.2) is 23.8 Å². The molecule has 122 valence electrons. The Hall–Kier alpha value is -2.02. The second kappa shape index (κ2) is 7.50. The molecule has 1 saturated carbocycles. The minimum atomic E-state index is -0.221. The van der Waals surface area contributed by atoms with E-state index in [4.69, 9.17) is 0 Å². The molecule has 1 unspecified atom stereocenters. The molecule has 2 heterocycles. The molecule has 2 aromatic rings. The zero-order valence-electron chi connectivity index (χ0n) is 13.2. The first-order chi connectivity index (χ1) is 11.2. The summed E-state index contributed by atoms with van der Waals surface area (Å²) < 4.78 is 0. The third-order valence-electron chi connectivity index (χ3n) is 4.34. The molecule has 0 bridgehead atoms. The lowest BCUT2D eigenvalue weighted by atomic mass is 9.84. The summed E-state index contributed by atoms with van der Waals surface area (Å²) in [6.45, 7) is 2.22. The molecule has 1 amide bonds. The summed E-state index contributed by atoms with van der Waals surface area (Å²) in [6.07, 6.45) is 8.18. The number of hydrogen-bond acceptors (Lipinski definition) is 6. The van der Waals surface area contributed by atoms with E-state index in [9.17, 15) is 4.79 Å². The Bertz CT molecular complexity index is 622. The molecule has 1 aliphatic carbocycles. The smallest absolute Gasteiger partial charge is 0.259 e. The summed E-state index contributed by atoms with van der Waals surface area (Å²) in [5, 5.41) is 14.1. The van der Waals surface area contributed by atoms with E-state index >= 15 is 0 Å². The van der Waals surface area contributed by atoms with Crippen LogP contribution in [-0.4, -0.2) is 27.1 Å². The highest BCUT2D eigenvalue weighted by Gasteiger charge is 2.20. The van der Waals surface area contributed by atoms with Gasteiger partial charge in [-0.25, -0.2) is 4.98 Å². The van der Waals surface area contributed by atoms with Crippen LogP contribution in [0.1, 0.15) is 49.4 Å². The van der Waals surface area contributed by atoms with Crippen molar-refractivity contribution in [2.75, 3.05) is 10.6 Å². The van der Waals surface area contributed by atoms with E-state index in [0.717, 1.165) is 5.82 Å². The van der Waals surface area contributed by atoms with Crippen molar-refractivity contribution in [2.24, 2.45) is 5.92 Å². The Labute approximate surface area is 139 Å². The monoisotopic (exact) mass is 331 g/mol. The van der Waals surface area contributed by atoms with E-state index in [-0.39, 0.29) is 5.91 Å². The van der Waals surface area contributed by atoms with Gasteiger partial charge in [-0.1, -0.05) is 30.6 Å². The molecule has 0 spiro atoms.